The zero-order chi connectivity index (χ0) is 10.0. The fourth-order valence-corrected chi connectivity index (χ4v) is 2.12. The van der Waals surface area contributed by atoms with Crippen molar-refractivity contribution in [1.82, 2.24) is 0 Å². The highest BCUT2D eigenvalue weighted by Crippen LogP contribution is 2.26. The molecule has 2 N–H and O–H groups in total. The second-order valence-electron chi connectivity index (χ2n) is 4.26. The van der Waals surface area contributed by atoms with Gasteiger partial charge in [0.05, 0.1) is 6.61 Å². The molecule has 0 saturated carbocycles. The topological polar surface area (TPSA) is 52.3 Å². The lowest BCUT2D eigenvalue weighted by atomic mass is 9.85. The van der Waals surface area contributed by atoms with Crippen LogP contribution in [0.15, 0.2) is 11.6 Å². The van der Waals surface area contributed by atoms with Crippen molar-refractivity contribution in [2.75, 3.05) is 13.2 Å². The van der Waals surface area contributed by atoms with E-state index in [9.17, 15) is 4.79 Å². The maximum atomic E-state index is 12.0. The van der Waals surface area contributed by atoms with Crippen LogP contribution in [0.25, 0.3) is 0 Å². The molecule has 0 amide bonds. The molecule has 78 valence electrons. The van der Waals surface area contributed by atoms with Crippen molar-refractivity contribution in [2.24, 2.45) is 5.73 Å². The molecule has 2 aliphatic rings. The molecule has 0 bridgehead atoms. The highest BCUT2D eigenvalue weighted by Gasteiger charge is 2.39. The second-order valence-corrected chi connectivity index (χ2v) is 4.26. The molecule has 1 unspecified atom stereocenters. The second kappa shape index (κ2) is 3.83. The first-order valence-corrected chi connectivity index (χ1v) is 5.33. The molecular weight excluding hydrogens is 178 g/mol. The quantitative estimate of drug-likeness (QED) is 0.719. The number of allylic oxidation sites excluding steroid dienone is 1. The monoisotopic (exact) mass is 195 g/mol. The molecule has 0 aromatic heterocycles. The largest absolute Gasteiger partial charge is 0.379 e. The van der Waals surface area contributed by atoms with E-state index in [1.807, 2.05) is 0 Å². The van der Waals surface area contributed by atoms with Crippen LogP contribution in [-0.2, 0) is 9.53 Å². The smallest absolute Gasteiger partial charge is 0.180 e. The van der Waals surface area contributed by atoms with Crippen molar-refractivity contribution in [1.29, 1.82) is 0 Å². The van der Waals surface area contributed by atoms with E-state index in [2.05, 4.69) is 6.08 Å². The molecule has 0 radical (unpaired) electrons. The van der Waals surface area contributed by atoms with Crippen LogP contribution in [0.5, 0.6) is 0 Å². The van der Waals surface area contributed by atoms with E-state index in [1.165, 1.54) is 6.42 Å². The van der Waals surface area contributed by atoms with Crippen LogP contribution in [0.4, 0.5) is 0 Å². The Hall–Kier alpha value is -0.670. The summed E-state index contributed by atoms with van der Waals surface area (Å²) >= 11 is 0. The zero-order valence-electron chi connectivity index (χ0n) is 8.42. The SMILES string of the molecule is NC1(C(=O)C2=CCCCC2)CCOC1. The standard InChI is InChI=1S/C11H17NO2/c12-11(6-7-14-8-11)10(13)9-4-2-1-3-5-9/h4H,1-3,5-8,12H2. The average molecular weight is 195 g/mol. The van der Waals surface area contributed by atoms with E-state index in [0.717, 1.165) is 24.8 Å². The summed E-state index contributed by atoms with van der Waals surface area (Å²) in [6, 6.07) is 0. The van der Waals surface area contributed by atoms with Gasteiger partial charge in [-0.1, -0.05) is 6.08 Å². The number of ether oxygens (including phenoxy) is 1. The number of rotatable bonds is 2. The van der Waals surface area contributed by atoms with Gasteiger partial charge >= 0.3 is 0 Å². The van der Waals surface area contributed by atoms with Gasteiger partial charge in [0.2, 0.25) is 0 Å². The minimum atomic E-state index is -0.719. The Bertz CT molecular complexity index is 264. The van der Waals surface area contributed by atoms with Gasteiger partial charge in [0.1, 0.15) is 5.54 Å². The van der Waals surface area contributed by atoms with Crippen LogP contribution in [0.3, 0.4) is 0 Å². The van der Waals surface area contributed by atoms with Crippen molar-refractivity contribution >= 4 is 5.78 Å². The summed E-state index contributed by atoms with van der Waals surface area (Å²) in [6.45, 7) is 1.01. The lowest BCUT2D eigenvalue weighted by Gasteiger charge is -2.23. The molecule has 1 saturated heterocycles. The summed E-state index contributed by atoms with van der Waals surface area (Å²) < 4.78 is 5.20. The first-order chi connectivity index (χ1) is 6.72. The number of ketones is 1. The normalized spacial score (nSPS) is 32.8. The molecule has 2 rings (SSSR count). The van der Waals surface area contributed by atoms with Crippen molar-refractivity contribution < 1.29 is 9.53 Å². The molecule has 3 heteroatoms. The molecule has 3 nitrogen and oxygen atoms in total. The molecule has 14 heavy (non-hydrogen) atoms. The van der Waals surface area contributed by atoms with E-state index < -0.39 is 5.54 Å². The highest BCUT2D eigenvalue weighted by molar-refractivity contribution is 6.02. The van der Waals surface area contributed by atoms with Crippen molar-refractivity contribution in [3.8, 4) is 0 Å². The predicted octanol–water partition coefficient (Wildman–Crippen LogP) is 1.17. The summed E-state index contributed by atoms with van der Waals surface area (Å²) in [7, 11) is 0. The van der Waals surface area contributed by atoms with Crippen LogP contribution >= 0.6 is 0 Å². The Balaban J connectivity index is 2.10. The fraction of sp³-hybridized carbons (Fsp3) is 0.727. The predicted molar refractivity (Wildman–Crippen MR) is 53.9 cm³/mol. The van der Waals surface area contributed by atoms with Gasteiger partial charge in [0, 0.05) is 6.61 Å². The van der Waals surface area contributed by atoms with Crippen LogP contribution < -0.4 is 5.73 Å². The number of carbonyl (C=O) groups is 1. The molecule has 0 aromatic carbocycles. The highest BCUT2D eigenvalue weighted by atomic mass is 16.5. The van der Waals surface area contributed by atoms with Gasteiger partial charge in [-0.05, 0) is 37.7 Å². The lowest BCUT2D eigenvalue weighted by molar-refractivity contribution is -0.120. The maximum Gasteiger partial charge on any atom is 0.180 e. The molecule has 1 fully saturated rings. The van der Waals surface area contributed by atoms with Crippen molar-refractivity contribution in [3.63, 3.8) is 0 Å². The van der Waals surface area contributed by atoms with E-state index >= 15 is 0 Å². The minimum absolute atomic E-state index is 0.120. The van der Waals surface area contributed by atoms with Gasteiger partial charge in [-0.3, -0.25) is 4.79 Å². The lowest BCUT2D eigenvalue weighted by Crippen LogP contribution is -2.49. The minimum Gasteiger partial charge on any atom is -0.379 e. The van der Waals surface area contributed by atoms with Gasteiger partial charge < -0.3 is 10.5 Å². The average Bonchev–Trinajstić information content (AvgIpc) is 2.67. The van der Waals surface area contributed by atoms with Crippen LogP contribution in [0.2, 0.25) is 0 Å². The number of Topliss-reactive ketones (excluding diaryl/α,β-unsaturated/α-hetero) is 1. The Morgan fingerprint density at radius 3 is 2.93 bits per heavy atom. The summed E-state index contributed by atoms with van der Waals surface area (Å²) in [5, 5.41) is 0. The molecule has 1 aliphatic heterocycles. The van der Waals surface area contributed by atoms with Crippen LogP contribution in [-0.4, -0.2) is 24.5 Å². The maximum absolute atomic E-state index is 12.0. The molecule has 0 spiro atoms. The van der Waals surface area contributed by atoms with E-state index in [4.69, 9.17) is 10.5 Å². The molecular formula is C11H17NO2. The number of carbonyl (C=O) groups excluding carboxylic acids is 1. The van der Waals surface area contributed by atoms with Gasteiger partial charge in [0.25, 0.3) is 0 Å². The third-order valence-electron chi connectivity index (χ3n) is 3.09. The van der Waals surface area contributed by atoms with Crippen LogP contribution in [0.1, 0.15) is 32.1 Å². The van der Waals surface area contributed by atoms with Crippen molar-refractivity contribution in [2.45, 2.75) is 37.6 Å². The molecule has 1 heterocycles. The Labute approximate surface area is 84.3 Å². The Kier molecular flexibility index (Phi) is 2.70. The summed E-state index contributed by atoms with van der Waals surface area (Å²) in [5.41, 5.74) is 6.23. The molecule has 1 aliphatic carbocycles. The van der Waals surface area contributed by atoms with Gasteiger partial charge in [-0.15, -0.1) is 0 Å². The zero-order valence-corrected chi connectivity index (χ0v) is 8.42. The fourth-order valence-electron chi connectivity index (χ4n) is 2.12. The van der Waals surface area contributed by atoms with Crippen LogP contribution in [0, 0.1) is 0 Å². The number of hydrogen-bond donors (Lipinski definition) is 1. The Morgan fingerprint density at radius 2 is 2.36 bits per heavy atom. The van der Waals surface area contributed by atoms with Gasteiger partial charge in [0.15, 0.2) is 5.78 Å². The first kappa shape index (κ1) is 9.87. The summed E-state index contributed by atoms with van der Waals surface area (Å²) in [6.07, 6.45) is 6.97. The number of hydrogen-bond acceptors (Lipinski definition) is 3. The third-order valence-corrected chi connectivity index (χ3v) is 3.09. The third kappa shape index (κ3) is 1.74. The van der Waals surface area contributed by atoms with E-state index in [-0.39, 0.29) is 5.78 Å². The molecule has 0 aromatic rings. The molecule has 1 atom stereocenters. The van der Waals surface area contributed by atoms with E-state index in [1.54, 1.807) is 0 Å². The first-order valence-electron chi connectivity index (χ1n) is 5.33. The van der Waals surface area contributed by atoms with Gasteiger partial charge in [-0.2, -0.15) is 0 Å². The summed E-state index contributed by atoms with van der Waals surface area (Å²) in [4.78, 5) is 12.0. The number of nitrogens with two attached hydrogens (primary N) is 1. The van der Waals surface area contributed by atoms with Crippen molar-refractivity contribution in [3.05, 3.63) is 11.6 Å². The summed E-state index contributed by atoms with van der Waals surface area (Å²) in [5.74, 6) is 0.120. The van der Waals surface area contributed by atoms with Gasteiger partial charge in [-0.25, -0.2) is 0 Å². The van der Waals surface area contributed by atoms with E-state index in [0.29, 0.717) is 19.6 Å². The Morgan fingerprint density at radius 1 is 1.50 bits per heavy atom.